The van der Waals surface area contributed by atoms with Crippen molar-refractivity contribution in [2.45, 2.75) is 0 Å². The molecule has 0 radical (unpaired) electrons. The van der Waals surface area contributed by atoms with Crippen molar-refractivity contribution in [2.75, 3.05) is 12.4 Å². The van der Waals surface area contributed by atoms with Gasteiger partial charge in [-0.25, -0.2) is 9.59 Å². The maximum Gasteiger partial charge on any atom is 0.346 e. The predicted octanol–water partition coefficient (Wildman–Crippen LogP) is 1.15. The number of nitrogens with one attached hydrogen (secondary N) is 1. The fourth-order valence-electron chi connectivity index (χ4n) is 1.18. The van der Waals surface area contributed by atoms with Crippen molar-refractivity contribution < 1.29 is 24.4 Å². The van der Waals surface area contributed by atoms with Gasteiger partial charge in [0.15, 0.2) is 5.57 Å². The molecule has 1 aromatic carbocycles. The lowest BCUT2D eigenvalue weighted by molar-refractivity contribution is -0.384. The average Bonchev–Trinajstić information content (AvgIpc) is 2.38. The van der Waals surface area contributed by atoms with Crippen molar-refractivity contribution in [3.8, 4) is 0 Å². The van der Waals surface area contributed by atoms with Crippen LogP contribution in [0.15, 0.2) is 36.0 Å². The molecule has 0 amide bonds. The molecule has 100 valence electrons. The molecule has 0 aliphatic rings. The molecular weight excluding hydrogens is 256 g/mol. The van der Waals surface area contributed by atoms with E-state index in [4.69, 9.17) is 5.11 Å². The van der Waals surface area contributed by atoms with Crippen molar-refractivity contribution in [1.29, 1.82) is 0 Å². The van der Waals surface area contributed by atoms with Gasteiger partial charge < -0.3 is 15.2 Å². The summed E-state index contributed by atoms with van der Waals surface area (Å²) >= 11 is 0. The molecular formula is C11H10N2O6. The number of nitro benzene ring substituents is 1. The van der Waals surface area contributed by atoms with E-state index in [1.807, 2.05) is 0 Å². The summed E-state index contributed by atoms with van der Waals surface area (Å²) in [6.45, 7) is 0. The number of nitro groups is 1. The van der Waals surface area contributed by atoms with Crippen LogP contribution < -0.4 is 5.32 Å². The Bertz CT molecular complexity index is 552. The molecule has 1 aromatic rings. The molecule has 0 aromatic heterocycles. The minimum absolute atomic E-state index is 0.159. The molecule has 0 bridgehead atoms. The fraction of sp³-hybridized carbons (Fsp3) is 0.0909. The second kappa shape index (κ2) is 6.15. The van der Waals surface area contributed by atoms with Gasteiger partial charge >= 0.3 is 11.9 Å². The van der Waals surface area contributed by atoms with Gasteiger partial charge in [0, 0.05) is 24.0 Å². The topological polar surface area (TPSA) is 119 Å². The van der Waals surface area contributed by atoms with E-state index >= 15 is 0 Å². The van der Waals surface area contributed by atoms with Gasteiger partial charge in [0.25, 0.3) is 5.69 Å². The lowest BCUT2D eigenvalue weighted by Gasteiger charge is -2.03. The number of carbonyl (C=O) groups excluding carboxylic acids is 1. The highest BCUT2D eigenvalue weighted by Crippen LogP contribution is 2.17. The summed E-state index contributed by atoms with van der Waals surface area (Å²) in [7, 11) is 1.05. The van der Waals surface area contributed by atoms with Crippen LogP contribution in [0.25, 0.3) is 0 Å². The van der Waals surface area contributed by atoms with E-state index in [1.165, 1.54) is 24.3 Å². The number of non-ortho nitro benzene ring substituents is 1. The van der Waals surface area contributed by atoms with Crippen LogP contribution in [0, 0.1) is 10.1 Å². The molecule has 0 atom stereocenters. The zero-order chi connectivity index (χ0) is 14.4. The second-order valence-electron chi connectivity index (χ2n) is 3.31. The molecule has 0 aliphatic carbocycles. The standard InChI is InChI=1S/C11H10N2O6/c1-19-11(16)9(10(14)15)6-12-7-3-2-4-8(5-7)13(17)18/h2-6,12H,1H3,(H,14,15). The molecule has 0 aliphatic heterocycles. The molecule has 19 heavy (non-hydrogen) atoms. The Hall–Kier alpha value is -2.90. The largest absolute Gasteiger partial charge is 0.477 e. The van der Waals surface area contributed by atoms with Crippen molar-refractivity contribution >= 4 is 23.3 Å². The van der Waals surface area contributed by atoms with Crippen LogP contribution in [0.5, 0.6) is 0 Å². The Balaban J connectivity index is 2.95. The van der Waals surface area contributed by atoms with E-state index in [-0.39, 0.29) is 11.4 Å². The molecule has 2 N–H and O–H groups in total. The van der Waals surface area contributed by atoms with Crippen LogP contribution in [-0.2, 0) is 14.3 Å². The van der Waals surface area contributed by atoms with E-state index in [0.29, 0.717) is 0 Å². The van der Waals surface area contributed by atoms with Crippen LogP contribution in [0.2, 0.25) is 0 Å². The normalized spacial score (nSPS) is 10.7. The summed E-state index contributed by atoms with van der Waals surface area (Å²) in [5.74, 6) is -2.49. The van der Waals surface area contributed by atoms with Crippen molar-refractivity contribution in [3.05, 3.63) is 46.2 Å². The van der Waals surface area contributed by atoms with Crippen LogP contribution >= 0.6 is 0 Å². The van der Waals surface area contributed by atoms with E-state index in [9.17, 15) is 19.7 Å². The number of benzene rings is 1. The van der Waals surface area contributed by atoms with Gasteiger partial charge in [-0.1, -0.05) is 6.07 Å². The number of hydrogen-bond donors (Lipinski definition) is 2. The Kier molecular flexibility index (Phi) is 4.58. The first kappa shape index (κ1) is 14.2. The van der Waals surface area contributed by atoms with E-state index in [2.05, 4.69) is 10.1 Å². The first-order valence-electron chi connectivity index (χ1n) is 4.98. The van der Waals surface area contributed by atoms with Crippen LogP contribution in [0.1, 0.15) is 0 Å². The average molecular weight is 266 g/mol. The third-order valence-corrected chi connectivity index (χ3v) is 2.08. The molecule has 0 saturated carbocycles. The van der Waals surface area contributed by atoms with Crippen LogP contribution in [-0.4, -0.2) is 29.1 Å². The monoisotopic (exact) mass is 266 g/mol. The number of nitrogens with zero attached hydrogens (tertiary/aromatic N) is 1. The van der Waals surface area contributed by atoms with E-state index < -0.39 is 22.4 Å². The van der Waals surface area contributed by atoms with Crippen LogP contribution in [0.4, 0.5) is 11.4 Å². The summed E-state index contributed by atoms with van der Waals surface area (Å²) in [5.41, 5.74) is -0.501. The Morgan fingerprint density at radius 2 is 2.16 bits per heavy atom. The molecule has 0 saturated heterocycles. The van der Waals surface area contributed by atoms with Crippen LogP contribution in [0.3, 0.4) is 0 Å². The highest BCUT2D eigenvalue weighted by atomic mass is 16.6. The smallest absolute Gasteiger partial charge is 0.346 e. The quantitative estimate of drug-likeness (QED) is 0.205. The van der Waals surface area contributed by atoms with Gasteiger partial charge in [0.1, 0.15) is 0 Å². The number of esters is 1. The molecule has 0 spiro atoms. The minimum Gasteiger partial charge on any atom is -0.477 e. The lowest BCUT2D eigenvalue weighted by atomic mass is 10.2. The highest BCUT2D eigenvalue weighted by molar-refractivity contribution is 6.13. The number of carboxylic acid groups (broad SMARTS) is 1. The molecule has 8 nitrogen and oxygen atoms in total. The van der Waals surface area contributed by atoms with Gasteiger partial charge in [0.2, 0.25) is 0 Å². The van der Waals surface area contributed by atoms with Gasteiger partial charge in [-0.2, -0.15) is 0 Å². The van der Waals surface area contributed by atoms with Crippen molar-refractivity contribution in [3.63, 3.8) is 0 Å². The number of carbonyl (C=O) groups is 2. The maximum absolute atomic E-state index is 11.1. The van der Waals surface area contributed by atoms with E-state index in [0.717, 1.165) is 13.3 Å². The SMILES string of the molecule is COC(=O)C(=CNc1cccc([N+](=O)[O-])c1)C(=O)O. The molecule has 0 heterocycles. The Morgan fingerprint density at radius 1 is 1.47 bits per heavy atom. The van der Waals surface area contributed by atoms with Gasteiger partial charge in [0.05, 0.1) is 12.0 Å². The van der Waals surface area contributed by atoms with E-state index in [1.54, 1.807) is 0 Å². The zero-order valence-corrected chi connectivity index (χ0v) is 9.82. The summed E-state index contributed by atoms with van der Waals surface area (Å²) in [5, 5.41) is 21.8. The minimum atomic E-state index is -1.47. The number of aliphatic carboxylic acids is 1. The fourth-order valence-corrected chi connectivity index (χ4v) is 1.18. The molecule has 0 unspecified atom stereocenters. The molecule has 0 fully saturated rings. The maximum atomic E-state index is 11.1. The summed E-state index contributed by atoms with van der Waals surface area (Å²) < 4.78 is 4.29. The number of anilines is 1. The van der Waals surface area contributed by atoms with Gasteiger partial charge in [-0.15, -0.1) is 0 Å². The third kappa shape index (κ3) is 3.80. The van der Waals surface area contributed by atoms with Gasteiger partial charge in [-0.3, -0.25) is 10.1 Å². The Labute approximate surface area is 107 Å². The van der Waals surface area contributed by atoms with Gasteiger partial charge in [-0.05, 0) is 6.07 Å². The summed E-state index contributed by atoms with van der Waals surface area (Å²) in [6, 6.07) is 5.40. The lowest BCUT2D eigenvalue weighted by Crippen LogP contribution is -2.15. The number of methoxy groups -OCH3 is 1. The molecule has 1 rings (SSSR count). The number of rotatable bonds is 5. The molecule has 8 heteroatoms. The second-order valence-corrected chi connectivity index (χ2v) is 3.31. The first-order chi connectivity index (χ1) is 8.95. The summed E-state index contributed by atoms with van der Waals surface area (Å²) in [6.07, 6.45) is 0.910. The number of ether oxygens (including phenoxy) is 1. The summed E-state index contributed by atoms with van der Waals surface area (Å²) in [4.78, 5) is 31.9. The number of carboxylic acids is 1. The number of hydrogen-bond acceptors (Lipinski definition) is 6. The van der Waals surface area contributed by atoms with Crippen molar-refractivity contribution in [1.82, 2.24) is 0 Å². The Morgan fingerprint density at radius 3 is 2.68 bits per heavy atom. The predicted molar refractivity (Wildman–Crippen MR) is 64.5 cm³/mol. The third-order valence-electron chi connectivity index (χ3n) is 2.08. The first-order valence-corrected chi connectivity index (χ1v) is 4.98. The van der Waals surface area contributed by atoms with Crippen molar-refractivity contribution in [2.24, 2.45) is 0 Å². The highest BCUT2D eigenvalue weighted by Gasteiger charge is 2.17. The zero-order valence-electron chi connectivity index (χ0n) is 9.82.